The molecule has 3 rings (SSSR count). The molecule has 0 amide bonds. The molecule has 0 aliphatic carbocycles. The van der Waals surface area contributed by atoms with E-state index in [9.17, 15) is 5.11 Å². The fraction of sp³-hybridized carbons (Fsp3) is 0.429. The van der Waals surface area contributed by atoms with Crippen LogP contribution in [-0.4, -0.2) is 39.4 Å². The molecule has 6 heteroatoms. The van der Waals surface area contributed by atoms with E-state index in [4.69, 9.17) is 16.0 Å². The van der Waals surface area contributed by atoms with Crippen LogP contribution in [-0.2, 0) is 6.54 Å². The average Bonchev–Trinajstić information content (AvgIpc) is 3.09. The van der Waals surface area contributed by atoms with Crippen molar-refractivity contribution in [1.29, 1.82) is 0 Å². The van der Waals surface area contributed by atoms with E-state index < -0.39 is 0 Å². The third-order valence-electron chi connectivity index (χ3n) is 3.61. The zero-order chi connectivity index (χ0) is 13.9. The lowest BCUT2D eigenvalue weighted by Crippen LogP contribution is -2.31. The maximum atomic E-state index is 9.30. The first kappa shape index (κ1) is 13.5. The third-order valence-corrected chi connectivity index (χ3v) is 3.86. The summed E-state index contributed by atoms with van der Waals surface area (Å²) >= 11 is 5.85. The molecular weight excluding hydrogens is 278 g/mol. The van der Waals surface area contributed by atoms with E-state index in [1.807, 2.05) is 12.1 Å². The van der Waals surface area contributed by atoms with E-state index in [-0.39, 0.29) is 12.6 Å². The fourth-order valence-electron chi connectivity index (χ4n) is 2.51. The minimum atomic E-state index is 0.179. The van der Waals surface area contributed by atoms with E-state index in [2.05, 4.69) is 15.1 Å². The van der Waals surface area contributed by atoms with Gasteiger partial charge in [-0.2, -0.15) is 0 Å². The molecule has 1 fully saturated rings. The predicted molar refractivity (Wildman–Crippen MR) is 75.3 cm³/mol. The molecule has 2 aromatic rings. The summed E-state index contributed by atoms with van der Waals surface area (Å²) in [5, 5.41) is 18.1. The van der Waals surface area contributed by atoms with Crippen molar-refractivity contribution in [2.45, 2.75) is 25.4 Å². The second-order valence-corrected chi connectivity index (χ2v) is 5.39. The summed E-state index contributed by atoms with van der Waals surface area (Å²) in [6, 6.07) is 7.50. The van der Waals surface area contributed by atoms with Gasteiger partial charge in [-0.3, -0.25) is 4.90 Å². The van der Waals surface area contributed by atoms with Gasteiger partial charge in [0.25, 0.3) is 0 Å². The lowest BCUT2D eigenvalue weighted by molar-refractivity contribution is 0.144. The zero-order valence-corrected chi connectivity index (χ0v) is 11.8. The van der Waals surface area contributed by atoms with Crippen LogP contribution in [0.2, 0.25) is 5.02 Å². The zero-order valence-electron chi connectivity index (χ0n) is 11.0. The summed E-state index contributed by atoms with van der Waals surface area (Å²) in [7, 11) is 0. The number of aliphatic hydroxyl groups excluding tert-OH is 1. The maximum Gasteiger partial charge on any atom is 0.247 e. The SMILES string of the molecule is OCC1CCCN1Cc1nnc(-c2ccc(Cl)cc2)o1. The second kappa shape index (κ2) is 5.91. The van der Waals surface area contributed by atoms with Gasteiger partial charge in [0.1, 0.15) is 0 Å². The Hall–Kier alpha value is -1.43. The summed E-state index contributed by atoms with van der Waals surface area (Å²) in [4.78, 5) is 2.18. The van der Waals surface area contributed by atoms with Crippen molar-refractivity contribution >= 4 is 11.6 Å². The highest BCUT2D eigenvalue weighted by atomic mass is 35.5. The Morgan fingerprint density at radius 1 is 1.30 bits per heavy atom. The minimum absolute atomic E-state index is 0.179. The Labute approximate surface area is 122 Å². The van der Waals surface area contributed by atoms with Gasteiger partial charge in [0, 0.05) is 16.6 Å². The largest absolute Gasteiger partial charge is 0.419 e. The Morgan fingerprint density at radius 3 is 2.85 bits per heavy atom. The molecule has 106 valence electrons. The lowest BCUT2D eigenvalue weighted by atomic mass is 10.2. The van der Waals surface area contributed by atoms with Crippen LogP contribution in [0.5, 0.6) is 0 Å². The van der Waals surface area contributed by atoms with Crippen molar-refractivity contribution in [1.82, 2.24) is 15.1 Å². The fourth-order valence-corrected chi connectivity index (χ4v) is 2.64. The summed E-state index contributed by atoms with van der Waals surface area (Å²) in [6.07, 6.45) is 2.12. The molecule has 1 atom stereocenters. The number of aromatic nitrogens is 2. The number of rotatable bonds is 4. The van der Waals surface area contributed by atoms with Gasteiger partial charge >= 0.3 is 0 Å². The number of benzene rings is 1. The number of likely N-dealkylation sites (tertiary alicyclic amines) is 1. The van der Waals surface area contributed by atoms with E-state index in [1.165, 1.54) is 0 Å². The van der Waals surface area contributed by atoms with E-state index in [0.717, 1.165) is 24.9 Å². The topological polar surface area (TPSA) is 62.4 Å². The number of hydrogen-bond acceptors (Lipinski definition) is 5. The molecule has 0 spiro atoms. The molecule has 1 aliphatic rings. The van der Waals surface area contributed by atoms with Gasteiger partial charge in [-0.25, -0.2) is 0 Å². The molecule has 1 aromatic carbocycles. The lowest BCUT2D eigenvalue weighted by Gasteiger charge is -2.20. The molecule has 0 bridgehead atoms. The third kappa shape index (κ3) is 2.85. The highest BCUT2D eigenvalue weighted by molar-refractivity contribution is 6.30. The molecule has 0 radical (unpaired) electrons. The number of nitrogens with zero attached hydrogens (tertiary/aromatic N) is 3. The van der Waals surface area contributed by atoms with E-state index in [1.54, 1.807) is 12.1 Å². The Balaban J connectivity index is 1.72. The number of aliphatic hydroxyl groups is 1. The van der Waals surface area contributed by atoms with Crippen molar-refractivity contribution in [3.8, 4) is 11.5 Å². The average molecular weight is 294 g/mol. The van der Waals surface area contributed by atoms with E-state index in [0.29, 0.717) is 23.3 Å². The minimum Gasteiger partial charge on any atom is -0.419 e. The molecule has 1 N–H and O–H groups in total. The normalized spacial score (nSPS) is 19.6. The molecular formula is C14H16ClN3O2. The van der Waals surface area contributed by atoms with Gasteiger partial charge in [-0.15, -0.1) is 10.2 Å². The molecule has 0 saturated carbocycles. The Morgan fingerprint density at radius 2 is 2.10 bits per heavy atom. The van der Waals surface area contributed by atoms with Crippen LogP contribution in [0.1, 0.15) is 18.7 Å². The quantitative estimate of drug-likeness (QED) is 0.937. The van der Waals surface area contributed by atoms with Crippen LogP contribution in [0, 0.1) is 0 Å². The van der Waals surface area contributed by atoms with E-state index >= 15 is 0 Å². The van der Waals surface area contributed by atoms with Crippen LogP contribution < -0.4 is 0 Å². The summed E-state index contributed by atoms with van der Waals surface area (Å²) < 4.78 is 5.68. The molecule has 2 heterocycles. The monoisotopic (exact) mass is 293 g/mol. The van der Waals surface area contributed by atoms with Crippen LogP contribution >= 0.6 is 11.6 Å². The second-order valence-electron chi connectivity index (χ2n) is 4.96. The van der Waals surface area contributed by atoms with Gasteiger partial charge in [-0.1, -0.05) is 11.6 Å². The number of halogens is 1. The van der Waals surface area contributed by atoms with Gasteiger partial charge in [0.15, 0.2) is 0 Å². The first-order chi connectivity index (χ1) is 9.76. The van der Waals surface area contributed by atoms with Crippen LogP contribution in [0.3, 0.4) is 0 Å². The van der Waals surface area contributed by atoms with Crippen LogP contribution in [0.15, 0.2) is 28.7 Å². The van der Waals surface area contributed by atoms with Gasteiger partial charge < -0.3 is 9.52 Å². The maximum absolute atomic E-state index is 9.30. The van der Waals surface area contributed by atoms with Crippen molar-refractivity contribution in [3.63, 3.8) is 0 Å². The molecule has 1 saturated heterocycles. The van der Waals surface area contributed by atoms with Gasteiger partial charge in [0.05, 0.1) is 13.2 Å². The molecule has 5 nitrogen and oxygen atoms in total. The number of hydrogen-bond donors (Lipinski definition) is 1. The molecule has 1 aromatic heterocycles. The first-order valence-corrected chi connectivity index (χ1v) is 7.07. The molecule has 20 heavy (non-hydrogen) atoms. The molecule has 1 unspecified atom stereocenters. The highest BCUT2D eigenvalue weighted by Gasteiger charge is 2.25. The standard InChI is InChI=1S/C14H16ClN3O2/c15-11-5-3-10(4-6-11)14-17-16-13(20-14)8-18-7-1-2-12(18)9-19/h3-6,12,19H,1-2,7-9H2. The smallest absolute Gasteiger partial charge is 0.247 e. The van der Waals surface area contributed by atoms with Crippen LogP contribution in [0.25, 0.3) is 11.5 Å². The Bertz CT molecular complexity index is 570. The van der Waals surface area contributed by atoms with Crippen molar-refractivity contribution in [2.75, 3.05) is 13.2 Å². The summed E-state index contributed by atoms with van der Waals surface area (Å²) in [5.41, 5.74) is 0.855. The summed E-state index contributed by atoms with van der Waals surface area (Å²) in [6.45, 7) is 1.73. The Kier molecular flexibility index (Phi) is 4.00. The van der Waals surface area contributed by atoms with Gasteiger partial charge in [-0.05, 0) is 43.7 Å². The van der Waals surface area contributed by atoms with Crippen molar-refractivity contribution in [2.24, 2.45) is 0 Å². The van der Waals surface area contributed by atoms with Crippen molar-refractivity contribution < 1.29 is 9.52 Å². The van der Waals surface area contributed by atoms with Crippen molar-refractivity contribution in [3.05, 3.63) is 35.2 Å². The highest BCUT2D eigenvalue weighted by Crippen LogP contribution is 2.23. The first-order valence-electron chi connectivity index (χ1n) is 6.69. The van der Waals surface area contributed by atoms with Gasteiger partial charge in [0.2, 0.25) is 11.8 Å². The molecule has 1 aliphatic heterocycles. The summed E-state index contributed by atoms with van der Waals surface area (Å²) in [5.74, 6) is 1.08. The van der Waals surface area contributed by atoms with Crippen LogP contribution in [0.4, 0.5) is 0 Å². The predicted octanol–water partition coefficient (Wildman–Crippen LogP) is 2.35.